The van der Waals surface area contributed by atoms with Gasteiger partial charge in [-0.3, -0.25) is 0 Å². The van der Waals surface area contributed by atoms with Crippen LogP contribution >= 0.6 is 23.1 Å². The minimum Gasteiger partial charge on any atom is -0.396 e. The normalized spacial score (nSPS) is 13.5. The number of fused-ring (bicyclic) bond motifs is 1. The van der Waals surface area contributed by atoms with Gasteiger partial charge in [-0.1, -0.05) is 20.8 Å². The molecular formula is C12H16N2S2. The van der Waals surface area contributed by atoms with E-state index in [0.29, 0.717) is 11.2 Å². The molecule has 0 bridgehead atoms. The molecule has 0 amide bonds. The Morgan fingerprint density at radius 2 is 2.06 bits per heavy atom. The van der Waals surface area contributed by atoms with Crippen LogP contribution in [0.25, 0.3) is 10.2 Å². The number of nitrogens with two attached hydrogens (primary N) is 1. The third-order valence-corrected chi connectivity index (χ3v) is 5.07. The Morgan fingerprint density at radius 1 is 1.31 bits per heavy atom. The fourth-order valence-electron chi connectivity index (χ4n) is 1.37. The first-order valence-electron chi connectivity index (χ1n) is 5.38. The number of hydrogen-bond acceptors (Lipinski definition) is 4. The van der Waals surface area contributed by atoms with Crippen LogP contribution in [0.5, 0.6) is 0 Å². The summed E-state index contributed by atoms with van der Waals surface area (Å²) in [5.41, 5.74) is 9.76. The smallest absolute Gasteiger partial charge is 0.105 e. The van der Waals surface area contributed by atoms with Crippen molar-refractivity contribution in [1.82, 2.24) is 4.98 Å². The summed E-state index contributed by atoms with van der Waals surface area (Å²) >= 11 is 3.47. The van der Waals surface area contributed by atoms with E-state index in [4.69, 9.17) is 5.73 Å². The molecule has 86 valence electrons. The average molecular weight is 252 g/mol. The standard InChI is InChI=1S/C12H16N2S2/c1-7(2)8(3)16-9-4-5-10-12(11(9)13)14-6-15-10/h4-8H,13H2,1-3H3. The summed E-state index contributed by atoms with van der Waals surface area (Å²) in [7, 11) is 0. The van der Waals surface area contributed by atoms with Crippen LogP contribution in [-0.2, 0) is 0 Å². The number of anilines is 1. The Balaban J connectivity index is 2.34. The molecule has 0 aliphatic carbocycles. The Bertz CT molecular complexity index is 491. The lowest BCUT2D eigenvalue weighted by Crippen LogP contribution is -2.06. The third kappa shape index (κ3) is 2.18. The average Bonchev–Trinajstić information content (AvgIpc) is 2.70. The summed E-state index contributed by atoms with van der Waals surface area (Å²) in [6, 6.07) is 4.22. The Kier molecular flexibility index (Phi) is 3.40. The Morgan fingerprint density at radius 3 is 2.75 bits per heavy atom. The number of thioether (sulfide) groups is 1. The first kappa shape index (κ1) is 11.7. The SMILES string of the molecule is CC(C)C(C)Sc1ccc2scnc2c1N. The molecule has 0 saturated heterocycles. The largest absolute Gasteiger partial charge is 0.396 e. The Hall–Kier alpha value is -0.740. The second kappa shape index (κ2) is 4.63. The zero-order valence-corrected chi connectivity index (χ0v) is 11.4. The van der Waals surface area contributed by atoms with Crippen molar-refractivity contribution in [2.75, 3.05) is 5.73 Å². The second-order valence-electron chi connectivity index (χ2n) is 4.24. The number of benzene rings is 1. The van der Waals surface area contributed by atoms with Crippen molar-refractivity contribution < 1.29 is 0 Å². The van der Waals surface area contributed by atoms with Crippen LogP contribution in [0.1, 0.15) is 20.8 Å². The van der Waals surface area contributed by atoms with Crippen molar-refractivity contribution in [2.45, 2.75) is 30.9 Å². The van der Waals surface area contributed by atoms with Crippen molar-refractivity contribution >= 4 is 39.0 Å². The summed E-state index contributed by atoms with van der Waals surface area (Å²) in [5, 5.41) is 0.568. The summed E-state index contributed by atoms with van der Waals surface area (Å²) < 4.78 is 1.17. The van der Waals surface area contributed by atoms with Crippen LogP contribution < -0.4 is 5.73 Å². The van der Waals surface area contributed by atoms with E-state index in [1.54, 1.807) is 11.3 Å². The van der Waals surface area contributed by atoms with E-state index in [-0.39, 0.29) is 0 Å². The highest BCUT2D eigenvalue weighted by atomic mass is 32.2. The quantitative estimate of drug-likeness (QED) is 0.662. The van der Waals surface area contributed by atoms with Crippen LogP contribution in [0.4, 0.5) is 5.69 Å². The first-order chi connectivity index (χ1) is 7.59. The lowest BCUT2D eigenvalue weighted by molar-refractivity contribution is 0.642. The molecule has 1 unspecified atom stereocenters. The molecule has 2 nitrogen and oxygen atoms in total. The van der Waals surface area contributed by atoms with Gasteiger partial charge in [0.2, 0.25) is 0 Å². The fraction of sp³-hybridized carbons (Fsp3) is 0.417. The molecule has 16 heavy (non-hydrogen) atoms. The van der Waals surface area contributed by atoms with E-state index in [1.807, 2.05) is 17.3 Å². The number of nitrogens with zero attached hydrogens (tertiary/aromatic N) is 1. The lowest BCUT2D eigenvalue weighted by atomic mass is 10.2. The summed E-state index contributed by atoms with van der Waals surface area (Å²) in [5.74, 6) is 0.649. The minimum absolute atomic E-state index is 0.568. The predicted octanol–water partition coefficient (Wildman–Crippen LogP) is 4.02. The highest BCUT2D eigenvalue weighted by molar-refractivity contribution is 8.00. The van der Waals surface area contributed by atoms with Crippen molar-refractivity contribution in [1.29, 1.82) is 0 Å². The lowest BCUT2D eigenvalue weighted by Gasteiger charge is -2.16. The van der Waals surface area contributed by atoms with Crippen LogP contribution in [0, 0.1) is 5.92 Å². The van der Waals surface area contributed by atoms with Crippen molar-refractivity contribution in [3.63, 3.8) is 0 Å². The van der Waals surface area contributed by atoms with Crippen molar-refractivity contribution in [2.24, 2.45) is 5.92 Å². The third-order valence-electron chi connectivity index (χ3n) is 2.75. The molecule has 0 fully saturated rings. The number of aromatic nitrogens is 1. The van der Waals surface area contributed by atoms with E-state index in [2.05, 4.69) is 37.9 Å². The zero-order chi connectivity index (χ0) is 11.7. The highest BCUT2D eigenvalue weighted by Crippen LogP contribution is 2.36. The van der Waals surface area contributed by atoms with Crippen molar-refractivity contribution in [3.8, 4) is 0 Å². The minimum atomic E-state index is 0.568. The molecule has 0 saturated carbocycles. The molecule has 0 spiro atoms. The molecule has 1 atom stereocenters. The molecule has 0 radical (unpaired) electrons. The molecule has 1 heterocycles. The topological polar surface area (TPSA) is 38.9 Å². The molecule has 0 aliphatic heterocycles. The number of hydrogen-bond donors (Lipinski definition) is 1. The number of thiazole rings is 1. The van der Waals surface area contributed by atoms with E-state index < -0.39 is 0 Å². The second-order valence-corrected chi connectivity index (χ2v) is 6.55. The molecule has 1 aromatic carbocycles. The Labute approximate surface area is 104 Å². The number of nitrogen functional groups attached to an aromatic ring is 1. The van der Waals surface area contributed by atoms with Crippen LogP contribution in [-0.4, -0.2) is 10.2 Å². The van der Waals surface area contributed by atoms with Gasteiger partial charge < -0.3 is 5.73 Å². The fourth-order valence-corrected chi connectivity index (χ4v) is 3.11. The van der Waals surface area contributed by atoms with Gasteiger partial charge in [0.1, 0.15) is 5.52 Å². The zero-order valence-electron chi connectivity index (χ0n) is 9.73. The van der Waals surface area contributed by atoms with Gasteiger partial charge in [0.15, 0.2) is 0 Å². The van der Waals surface area contributed by atoms with Gasteiger partial charge in [-0.25, -0.2) is 4.98 Å². The summed E-state index contributed by atoms with van der Waals surface area (Å²) in [6.45, 7) is 6.70. The van der Waals surface area contributed by atoms with Gasteiger partial charge in [-0.05, 0) is 18.1 Å². The van der Waals surface area contributed by atoms with E-state index in [0.717, 1.165) is 16.1 Å². The van der Waals surface area contributed by atoms with Crippen LogP contribution in [0.3, 0.4) is 0 Å². The number of rotatable bonds is 3. The molecule has 2 N–H and O–H groups in total. The van der Waals surface area contributed by atoms with Crippen molar-refractivity contribution in [3.05, 3.63) is 17.6 Å². The molecule has 2 rings (SSSR count). The van der Waals surface area contributed by atoms with Crippen LogP contribution in [0.15, 0.2) is 22.5 Å². The van der Waals surface area contributed by atoms with Crippen LogP contribution in [0.2, 0.25) is 0 Å². The van der Waals surface area contributed by atoms with Gasteiger partial charge in [0.25, 0.3) is 0 Å². The van der Waals surface area contributed by atoms with Gasteiger partial charge in [0, 0.05) is 10.1 Å². The monoisotopic (exact) mass is 252 g/mol. The van der Waals surface area contributed by atoms with Gasteiger partial charge in [-0.15, -0.1) is 23.1 Å². The summed E-state index contributed by atoms with van der Waals surface area (Å²) in [6.07, 6.45) is 0. The first-order valence-corrected chi connectivity index (χ1v) is 7.14. The van der Waals surface area contributed by atoms with Gasteiger partial charge in [-0.2, -0.15) is 0 Å². The van der Waals surface area contributed by atoms with E-state index >= 15 is 0 Å². The van der Waals surface area contributed by atoms with E-state index in [1.165, 1.54) is 4.70 Å². The predicted molar refractivity (Wildman–Crippen MR) is 74.2 cm³/mol. The summed E-state index contributed by atoms with van der Waals surface area (Å²) in [4.78, 5) is 5.46. The molecule has 1 aromatic heterocycles. The molecule has 4 heteroatoms. The maximum Gasteiger partial charge on any atom is 0.105 e. The molecule has 0 aliphatic rings. The maximum atomic E-state index is 6.14. The van der Waals surface area contributed by atoms with E-state index in [9.17, 15) is 0 Å². The molecule has 2 aromatic rings. The van der Waals surface area contributed by atoms with Gasteiger partial charge in [0.05, 0.1) is 15.9 Å². The highest BCUT2D eigenvalue weighted by Gasteiger charge is 2.13. The van der Waals surface area contributed by atoms with Gasteiger partial charge >= 0.3 is 0 Å². The maximum absolute atomic E-state index is 6.14. The molecular weight excluding hydrogens is 236 g/mol.